The Hall–Kier alpha value is -1.61. The number of hydrogen-bond acceptors (Lipinski definition) is 2. The minimum atomic E-state index is 0.333. The van der Waals surface area contributed by atoms with Gasteiger partial charge >= 0.3 is 0 Å². The Labute approximate surface area is 128 Å². The third-order valence-electron chi connectivity index (χ3n) is 4.04. The third-order valence-corrected chi connectivity index (χ3v) is 4.04. The maximum absolute atomic E-state index is 4.48. The Morgan fingerprint density at radius 2 is 2.00 bits per heavy atom. The van der Waals surface area contributed by atoms with Crippen LogP contribution in [-0.4, -0.2) is 16.1 Å². The zero-order valence-electron chi connectivity index (χ0n) is 13.7. The molecule has 2 rings (SSSR count). The summed E-state index contributed by atoms with van der Waals surface area (Å²) in [4.78, 5) is 4.48. The summed E-state index contributed by atoms with van der Waals surface area (Å²) in [6, 6.07) is 7.10. The molecule has 21 heavy (non-hydrogen) atoms. The van der Waals surface area contributed by atoms with E-state index in [0.29, 0.717) is 6.04 Å². The van der Waals surface area contributed by atoms with Gasteiger partial charge in [-0.25, -0.2) is 4.98 Å². The van der Waals surface area contributed by atoms with Crippen molar-refractivity contribution in [3.63, 3.8) is 0 Å². The van der Waals surface area contributed by atoms with Crippen molar-refractivity contribution < 1.29 is 0 Å². The second-order valence-electron chi connectivity index (χ2n) is 5.70. The summed E-state index contributed by atoms with van der Waals surface area (Å²) in [7, 11) is 0. The fourth-order valence-electron chi connectivity index (χ4n) is 2.67. The number of likely N-dealkylation sites (N-methyl/N-ethyl adjacent to an activating group) is 1. The molecule has 3 heteroatoms. The molecule has 1 aromatic carbocycles. The van der Waals surface area contributed by atoms with E-state index in [1.54, 1.807) is 0 Å². The van der Waals surface area contributed by atoms with Crippen molar-refractivity contribution in [1.82, 2.24) is 14.9 Å². The molecule has 0 aliphatic rings. The third kappa shape index (κ3) is 3.94. The number of imidazole rings is 1. The van der Waals surface area contributed by atoms with Crippen LogP contribution in [0.5, 0.6) is 0 Å². The first-order chi connectivity index (χ1) is 10.2. The average Bonchev–Trinajstić information content (AvgIpc) is 2.89. The van der Waals surface area contributed by atoms with Crippen molar-refractivity contribution in [3.8, 4) is 0 Å². The Kier molecular flexibility index (Phi) is 5.57. The van der Waals surface area contributed by atoms with Crippen molar-refractivity contribution in [2.45, 2.75) is 53.1 Å². The molecule has 0 bridgehead atoms. The molecule has 0 saturated carbocycles. The van der Waals surface area contributed by atoms with Crippen LogP contribution in [0.1, 0.15) is 48.8 Å². The van der Waals surface area contributed by atoms with Crippen LogP contribution in [0, 0.1) is 13.8 Å². The van der Waals surface area contributed by atoms with Crippen molar-refractivity contribution in [1.29, 1.82) is 0 Å². The molecule has 3 nitrogen and oxygen atoms in total. The predicted molar refractivity (Wildman–Crippen MR) is 88.6 cm³/mol. The van der Waals surface area contributed by atoms with E-state index in [4.69, 9.17) is 0 Å². The van der Waals surface area contributed by atoms with Crippen molar-refractivity contribution in [2.24, 2.45) is 0 Å². The molecule has 1 N–H and O–H groups in total. The highest BCUT2D eigenvalue weighted by atomic mass is 15.1. The molecule has 0 amide bonds. The molecular formula is C18H27N3. The molecule has 0 fully saturated rings. The van der Waals surface area contributed by atoms with Crippen LogP contribution in [0.25, 0.3) is 0 Å². The van der Waals surface area contributed by atoms with Gasteiger partial charge in [0.25, 0.3) is 0 Å². The quantitative estimate of drug-likeness (QED) is 0.838. The summed E-state index contributed by atoms with van der Waals surface area (Å²) in [6.07, 6.45) is 6.18. The van der Waals surface area contributed by atoms with E-state index in [9.17, 15) is 0 Å². The van der Waals surface area contributed by atoms with E-state index in [-0.39, 0.29) is 0 Å². The first-order valence-corrected chi connectivity index (χ1v) is 7.96. The summed E-state index contributed by atoms with van der Waals surface area (Å²) in [5.74, 6) is 1.18. The number of benzene rings is 1. The summed E-state index contributed by atoms with van der Waals surface area (Å²) < 4.78 is 2.28. The first-order valence-electron chi connectivity index (χ1n) is 7.96. The number of aromatic nitrogens is 2. The van der Waals surface area contributed by atoms with Crippen molar-refractivity contribution >= 4 is 0 Å². The molecule has 0 aliphatic carbocycles. The fourth-order valence-corrected chi connectivity index (χ4v) is 2.67. The highest BCUT2D eigenvalue weighted by Crippen LogP contribution is 2.19. The molecule has 0 aliphatic heterocycles. The Morgan fingerprint density at radius 3 is 2.67 bits per heavy atom. The minimum Gasteiger partial charge on any atom is -0.333 e. The van der Waals surface area contributed by atoms with Gasteiger partial charge in [-0.1, -0.05) is 32.0 Å². The van der Waals surface area contributed by atoms with Crippen molar-refractivity contribution in [2.75, 3.05) is 6.54 Å². The Balaban J connectivity index is 2.22. The smallest absolute Gasteiger partial charge is 0.108 e. The topological polar surface area (TPSA) is 29.9 Å². The van der Waals surface area contributed by atoms with E-state index in [0.717, 1.165) is 25.9 Å². The molecule has 114 valence electrons. The summed E-state index contributed by atoms with van der Waals surface area (Å²) >= 11 is 0. The first kappa shape index (κ1) is 15.8. The van der Waals surface area contributed by atoms with Gasteiger partial charge in [-0.05, 0) is 43.5 Å². The maximum Gasteiger partial charge on any atom is 0.108 e. The van der Waals surface area contributed by atoms with Gasteiger partial charge in [0.15, 0.2) is 0 Å². The standard InChI is InChI=1S/C18H27N3/c1-5-7-18-20-10-11-21(18)13-17(19-6-2)16-9-8-14(3)15(4)12-16/h8-12,17,19H,5-7,13H2,1-4H3. The van der Waals surface area contributed by atoms with E-state index >= 15 is 0 Å². The van der Waals surface area contributed by atoms with Gasteiger partial charge in [0.1, 0.15) is 5.82 Å². The fraction of sp³-hybridized carbons (Fsp3) is 0.500. The second-order valence-corrected chi connectivity index (χ2v) is 5.70. The lowest BCUT2D eigenvalue weighted by Crippen LogP contribution is -2.26. The zero-order valence-corrected chi connectivity index (χ0v) is 13.7. The van der Waals surface area contributed by atoms with Crippen LogP contribution in [0.3, 0.4) is 0 Å². The van der Waals surface area contributed by atoms with Crippen LogP contribution >= 0.6 is 0 Å². The Morgan fingerprint density at radius 1 is 1.19 bits per heavy atom. The molecule has 1 aromatic heterocycles. The zero-order chi connectivity index (χ0) is 15.2. The van der Waals surface area contributed by atoms with Gasteiger partial charge in [-0.2, -0.15) is 0 Å². The van der Waals surface area contributed by atoms with Crippen LogP contribution in [0.15, 0.2) is 30.6 Å². The lowest BCUT2D eigenvalue weighted by atomic mass is 10.0. The predicted octanol–water partition coefficient (Wildman–Crippen LogP) is 3.80. The minimum absolute atomic E-state index is 0.333. The SMILES string of the molecule is CCCc1nccn1CC(NCC)c1ccc(C)c(C)c1. The number of nitrogens with one attached hydrogen (secondary N) is 1. The van der Waals surface area contributed by atoms with Gasteiger partial charge in [0, 0.05) is 25.4 Å². The lowest BCUT2D eigenvalue weighted by molar-refractivity contribution is 0.464. The molecule has 0 saturated heterocycles. The van der Waals surface area contributed by atoms with Crippen molar-refractivity contribution in [3.05, 3.63) is 53.1 Å². The van der Waals surface area contributed by atoms with Crippen LogP contribution in [0.4, 0.5) is 0 Å². The van der Waals surface area contributed by atoms with E-state index in [1.807, 2.05) is 6.20 Å². The van der Waals surface area contributed by atoms with Crippen LogP contribution in [-0.2, 0) is 13.0 Å². The molecular weight excluding hydrogens is 258 g/mol. The van der Waals surface area contributed by atoms with Gasteiger partial charge in [0.05, 0.1) is 6.04 Å². The number of aryl methyl sites for hydroxylation is 3. The van der Waals surface area contributed by atoms with Gasteiger partial charge in [0.2, 0.25) is 0 Å². The highest BCUT2D eigenvalue weighted by molar-refractivity contribution is 5.31. The van der Waals surface area contributed by atoms with Crippen LogP contribution in [0.2, 0.25) is 0 Å². The molecule has 0 radical (unpaired) electrons. The van der Waals surface area contributed by atoms with Crippen LogP contribution < -0.4 is 5.32 Å². The molecule has 1 heterocycles. The average molecular weight is 285 g/mol. The molecule has 1 unspecified atom stereocenters. The molecule has 1 atom stereocenters. The monoisotopic (exact) mass is 285 g/mol. The summed E-state index contributed by atoms with van der Waals surface area (Å²) in [5.41, 5.74) is 4.06. The van der Waals surface area contributed by atoms with Gasteiger partial charge in [-0.3, -0.25) is 0 Å². The second kappa shape index (κ2) is 7.41. The lowest BCUT2D eigenvalue weighted by Gasteiger charge is -2.21. The highest BCUT2D eigenvalue weighted by Gasteiger charge is 2.13. The van der Waals surface area contributed by atoms with Gasteiger partial charge in [-0.15, -0.1) is 0 Å². The summed E-state index contributed by atoms with van der Waals surface area (Å²) in [5, 5.41) is 3.60. The Bertz CT molecular complexity index is 572. The largest absolute Gasteiger partial charge is 0.333 e. The molecule has 0 spiro atoms. The van der Waals surface area contributed by atoms with E-state index in [2.05, 4.69) is 67.0 Å². The van der Waals surface area contributed by atoms with Gasteiger partial charge < -0.3 is 9.88 Å². The van der Waals surface area contributed by atoms with E-state index in [1.165, 1.54) is 22.5 Å². The number of rotatable bonds is 7. The number of hydrogen-bond donors (Lipinski definition) is 1. The van der Waals surface area contributed by atoms with E-state index < -0.39 is 0 Å². The molecule has 2 aromatic rings. The maximum atomic E-state index is 4.48. The summed E-state index contributed by atoms with van der Waals surface area (Å²) in [6.45, 7) is 10.6. The number of nitrogens with zero attached hydrogens (tertiary/aromatic N) is 2. The normalized spacial score (nSPS) is 12.6.